The Morgan fingerprint density at radius 3 is 2.55 bits per heavy atom. The molecule has 5 nitrogen and oxygen atoms in total. The summed E-state index contributed by atoms with van der Waals surface area (Å²) in [6, 6.07) is 22.6. The highest BCUT2D eigenvalue weighted by Crippen LogP contribution is 2.24. The lowest BCUT2D eigenvalue weighted by Crippen LogP contribution is -2.34. The van der Waals surface area contributed by atoms with Crippen LogP contribution >= 0.6 is 28.1 Å². The number of rotatable bonds is 7. The molecule has 0 unspecified atom stereocenters. The lowest BCUT2D eigenvalue weighted by molar-refractivity contribution is 0.0972. The largest absolute Gasteiger partial charge is 0.490 e. The van der Waals surface area contributed by atoms with Gasteiger partial charge >= 0.3 is 0 Å². The van der Waals surface area contributed by atoms with Gasteiger partial charge in [-0.25, -0.2) is 0 Å². The van der Waals surface area contributed by atoms with Crippen molar-refractivity contribution in [2.45, 2.75) is 26.6 Å². The fourth-order valence-corrected chi connectivity index (χ4v) is 3.35. The first kappa shape index (κ1) is 22.8. The second-order valence-corrected chi connectivity index (χ2v) is 8.34. The van der Waals surface area contributed by atoms with Gasteiger partial charge in [0.25, 0.3) is 5.91 Å². The summed E-state index contributed by atoms with van der Waals surface area (Å²) in [4.78, 5) is 12.8. The van der Waals surface area contributed by atoms with E-state index in [4.69, 9.17) is 21.7 Å². The van der Waals surface area contributed by atoms with Gasteiger partial charge in [0.2, 0.25) is 0 Å². The van der Waals surface area contributed by atoms with Crippen LogP contribution in [0.15, 0.2) is 77.3 Å². The van der Waals surface area contributed by atoms with Crippen LogP contribution in [0.3, 0.4) is 0 Å². The quantitative estimate of drug-likeness (QED) is 0.394. The number of ether oxygens (including phenoxy) is 2. The Hall–Kier alpha value is -2.90. The Labute approximate surface area is 195 Å². The molecule has 0 fully saturated rings. The Bertz CT molecular complexity index is 1060. The summed E-state index contributed by atoms with van der Waals surface area (Å²) in [6.07, 6.45) is -0.0589. The average Bonchev–Trinajstić information content (AvgIpc) is 2.74. The minimum Gasteiger partial charge on any atom is -0.490 e. The number of thiocarbonyl (C=S) groups is 1. The van der Waals surface area contributed by atoms with Crippen molar-refractivity contribution in [1.82, 2.24) is 5.32 Å². The van der Waals surface area contributed by atoms with Gasteiger partial charge < -0.3 is 14.8 Å². The molecule has 0 aliphatic carbocycles. The zero-order chi connectivity index (χ0) is 22.2. The third-order valence-electron chi connectivity index (χ3n) is 4.12. The van der Waals surface area contributed by atoms with Crippen molar-refractivity contribution >= 4 is 44.9 Å². The Kier molecular flexibility index (Phi) is 8.03. The Morgan fingerprint density at radius 1 is 1.03 bits per heavy atom. The zero-order valence-corrected chi connectivity index (χ0v) is 19.6. The van der Waals surface area contributed by atoms with Gasteiger partial charge in [-0.2, -0.15) is 0 Å². The number of hydrogen-bond donors (Lipinski definition) is 2. The number of nitrogens with one attached hydrogen (secondary N) is 2. The van der Waals surface area contributed by atoms with Crippen LogP contribution in [0.25, 0.3) is 0 Å². The van der Waals surface area contributed by atoms with E-state index in [0.717, 1.165) is 10.0 Å². The minimum atomic E-state index is -0.356. The number of amides is 1. The number of carbonyl (C=O) groups excluding carboxylic acids is 1. The summed E-state index contributed by atoms with van der Waals surface area (Å²) in [5, 5.41) is 5.91. The van der Waals surface area contributed by atoms with Crippen LogP contribution in [0.2, 0.25) is 0 Å². The van der Waals surface area contributed by atoms with E-state index in [-0.39, 0.29) is 17.1 Å². The molecule has 0 aliphatic heterocycles. The topological polar surface area (TPSA) is 59.6 Å². The smallest absolute Gasteiger partial charge is 0.261 e. The molecule has 31 heavy (non-hydrogen) atoms. The van der Waals surface area contributed by atoms with Crippen molar-refractivity contribution in [2.24, 2.45) is 0 Å². The van der Waals surface area contributed by atoms with Gasteiger partial charge in [-0.1, -0.05) is 52.3 Å². The first-order valence-corrected chi connectivity index (χ1v) is 11.0. The van der Waals surface area contributed by atoms with Crippen molar-refractivity contribution in [3.05, 3.63) is 88.4 Å². The van der Waals surface area contributed by atoms with E-state index < -0.39 is 0 Å². The van der Waals surface area contributed by atoms with E-state index in [1.807, 2.05) is 74.5 Å². The van der Waals surface area contributed by atoms with Crippen LogP contribution in [0.1, 0.15) is 29.8 Å². The predicted molar refractivity (Wildman–Crippen MR) is 131 cm³/mol. The van der Waals surface area contributed by atoms with Crippen LogP contribution in [0.4, 0.5) is 5.69 Å². The molecule has 0 aliphatic rings. The van der Waals surface area contributed by atoms with E-state index in [1.165, 1.54) is 0 Å². The monoisotopic (exact) mass is 498 g/mol. The van der Waals surface area contributed by atoms with Crippen molar-refractivity contribution in [3.8, 4) is 11.5 Å². The molecule has 0 saturated heterocycles. The second-order valence-electron chi connectivity index (χ2n) is 7.02. The van der Waals surface area contributed by atoms with E-state index in [0.29, 0.717) is 29.4 Å². The number of halogens is 1. The standard InChI is InChI=1S/C24H23BrN2O3S/c1-16(2)30-22-12-11-18(25)13-21(22)23(28)27-24(31)26-19-9-6-10-20(14-19)29-15-17-7-4-3-5-8-17/h3-14,16H,15H2,1-2H3,(H2,26,27,28,31). The second kappa shape index (κ2) is 10.9. The normalized spacial score (nSPS) is 10.5. The average molecular weight is 499 g/mol. The number of anilines is 1. The molecule has 160 valence electrons. The highest BCUT2D eigenvalue weighted by Gasteiger charge is 2.16. The number of carbonyl (C=O) groups is 1. The van der Waals surface area contributed by atoms with E-state index in [9.17, 15) is 4.79 Å². The molecule has 3 rings (SSSR count). The molecule has 0 aromatic heterocycles. The molecule has 1 amide bonds. The fraction of sp³-hybridized carbons (Fsp3) is 0.167. The van der Waals surface area contributed by atoms with Crippen molar-refractivity contribution < 1.29 is 14.3 Å². The molecular weight excluding hydrogens is 476 g/mol. The van der Waals surface area contributed by atoms with Crippen LogP contribution in [0.5, 0.6) is 11.5 Å². The highest BCUT2D eigenvalue weighted by molar-refractivity contribution is 9.10. The Morgan fingerprint density at radius 2 is 1.81 bits per heavy atom. The maximum Gasteiger partial charge on any atom is 0.261 e. The fourth-order valence-electron chi connectivity index (χ4n) is 2.77. The Balaban J connectivity index is 1.62. The van der Waals surface area contributed by atoms with E-state index >= 15 is 0 Å². The number of benzene rings is 3. The van der Waals surface area contributed by atoms with E-state index in [1.54, 1.807) is 12.1 Å². The minimum absolute atomic E-state index is 0.0589. The summed E-state index contributed by atoms with van der Waals surface area (Å²) in [5.74, 6) is 0.836. The van der Waals surface area contributed by atoms with Crippen LogP contribution in [0, 0.1) is 0 Å². The summed E-state index contributed by atoms with van der Waals surface area (Å²) in [5.41, 5.74) is 2.19. The molecule has 2 N–H and O–H groups in total. The molecule has 3 aromatic rings. The third-order valence-corrected chi connectivity index (χ3v) is 4.81. The molecule has 0 spiro atoms. The maximum atomic E-state index is 12.8. The summed E-state index contributed by atoms with van der Waals surface area (Å²) < 4.78 is 12.4. The summed E-state index contributed by atoms with van der Waals surface area (Å²) >= 11 is 8.72. The van der Waals surface area contributed by atoms with Crippen molar-refractivity contribution in [2.75, 3.05) is 5.32 Å². The predicted octanol–water partition coefficient (Wildman–Crippen LogP) is 5.94. The van der Waals surface area contributed by atoms with Gasteiger partial charge in [0.05, 0.1) is 11.7 Å². The third kappa shape index (κ3) is 7.08. The summed E-state index contributed by atoms with van der Waals surface area (Å²) in [6.45, 7) is 4.28. The van der Waals surface area contributed by atoms with Crippen LogP contribution in [-0.2, 0) is 6.61 Å². The van der Waals surface area contributed by atoms with E-state index in [2.05, 4.69) is 26.6 Å². The van der Waals surface area contributed by atoms with Gasteiger partial charge in [-0.3, -0.25) is 10.1 Å². The molecule has 0 heterocycles. The molecule has 7 heteroatoms. The lowest BCUT2D eigenvalue weighted by atomic mass is 10.2. The molecule has 0 bridgehead atoms. The van der Waals surface area contributed by atoms with Gasteiger partial charge in [0.1, 0.15) is 18.1 Å². The van der Waals surface area contributed by atoms with Crippen molar-refractivity contribution in [1.29, 1.82) is 0 Å². The lowest BCUT2D eigenvalue weighted by Gasteiger charge is -2.15. The van der Waals surface area contributed by atoms with Gasteiger partial charge in [-0.05, 0) is 62.0 Å². The van der Waals surface area contributed by atoms with Gasteiger partial charge in [-0.15, -0.1) is 0 Å². The molecule has 0 saturated carbocycles. The van der Waals surface area contributed by atoms with Crippen molar-refractivity contribution in [3.63, 3.8) is 0 Å². The first-order chi connectivity index (χ1) is 14.9. The van der Waals surface area contributed by atoms with Gasteiger partial charge in [0.15, 0.2) is 5.11 Å². The SMILES string of the molecule is CC(C)Oc1ccc(Br)cc1C(=O)NC(=S)Nc1cccc(OCc2ccccc2)c1. The zero-order valence-electron chi connectivity index (χ0n) is 17.2. The number of hydrogen-bond acceptors (Lipinski definition) is 4. The maximum absolute atomic E-state index is 12.8. The molecular formula is C24H23BrN2O3S. The van der Waals surface area contributed by atoms with Gasteiger partial charge in [0, 0.05) is 16.2 Å². The molecule has 0 radical (unpaired) electrons. The van der Waals surface area contributed by atoms with Crippen LogP contribution in [-0.4, -0.2) is 17.1 Å². The molecule has 0 atom stereocenters. The molecule has 3 aromatic carbocycles. The highest BCUT2D eigenvalue weighted by atomic mass is 79.9. The first-order valence-electron chi connectivity index (χ1n) is 9.76. The van der Waals surface area contributed by atoms with Crippen LogP contribution < -0.4 is 20.1 Å². The summed E-state index contributed by atoms with van der Waals surface area (Å²) in [7, 11) is 0.